The molecule has 1 amide bonds. The van der Waals surface area contributed by atoms with Crippen molar-refractivity contribution < 1.29 is 19.4 Å². The summed E-state index contributed by atoms with van der Waals surface area (Å²) >= 11 is 3.33. The minimum atomic E-state index is -1.06. The van der Waals surface area contributed by atoms with Crippen LogP contribution in [0.5, 0.6) is 0 Å². The van der Waals surface area contributed by atoms with E-state index in [9.17, 15) is 14.7 Å². The van der Waals surface area contributed by atoms with Crippen LogP contribution in [0.1, 0.15) is 10.4 Å². The topological polar surface area (TPSA) is 84.7 Å². The van der Waals surface area contributed by atoms with Crippen molar-refractivity contribution in [2.75, 3.05) is 19.8 Å². The lowest BCUT2D eigenvalue weighted by Gasteiger charge is -2.32. The van der Waals surface area contributed by atoms with Crippen LogP contribution in [-0.4, -0.2) is 57.5 Å². The summed E-state index contributed by atoms with van der Waals surface area (Å²) < 4.78 is 7.62. The maximum Gasteiger partial charge on any atom is 0.328 e. The molecule has 8 heteroatoms. The van der Waals surface area contributed by atoms with Crippen molar-refractivity contribution in [1.82, 2.24) is 14.7 Å². The molecule has 0 spiro atoms. The van der Waals surface area contributed by atoms with Gasteiger partial charge in [-0.05, 0) is 34.1 Å². The fourth-order valence-corrected chi connectivity index (χ4v) is 2.73. The van der Waals surface area contributed by atoms with Crippen molar-refractivity contribution >= 4 is 27.8 Å². The van der Waals surface area contributed by atoms with Crippen LogP contribution in [0.4, 0.5) is 0 Å². The van der Waals surface area contributed by atoms with Crippen LogP contribution in [0, 0.1) is 0 Å². The number of carbonyl (C=O) groups excluding carboxylic acids is 1. The van der Waals surface area contributed by atoms with Crippen molar-refractivity contribution in [1.29, 1.82) is 0 Å². The van der Waals surface area contributed by atoms with Crippen molar-refractivity contribution in [3.63, 3.8) is 0 Å². The number of carboxylic acids is 1. The number of carbonyl (C=O) groups is 2. The maximum absolute atomic E-state index is 12.7. The minimum Gasteiger partial charge on any atom is -0.480 e. The van der Waals surface area contributed by atoms with Gasteiger partial charge in [0.25, 0.3) is 5.91 Å². The number of amides is 1. The Bertz CT molecular complexity index is 746. The number of morpholine rings is 1. The van der Waals surface area contributed by atoms with E-state index in [4.69, 9.17) is 4.74 Å². The Labute approximate surface area is 140 Å². The molecule has 7 nitrogen and oxygen atoms in total. The standard InChI is InChI=1S/C15H14BrN3O4/c16-11-7-17-19(8-11)12-3-1-2-10(6-12)14(20)18-4-5-23-9-13(18)15(21)22/h1-3,6-8,13H,4-5,9H2,(H,21,22). The molecule has 1 unspecified atom stereocenters. The molecule has 0 saturated carbocycles. The lowest BCUT2D eigenvalue weighted by molar-refractivity contribution is -0.147. The number of aliphatic carboxylic acids is 1. The third-order valence-electron chi connectivity index (χ3n) is 3.58. The molecule has 1 N–H and O–H groups in total. The Hall–Kier alpha value is -2.19. The Morgan fingerprint density at radius 2 is 2.22 bits per heavy atom. The number of carboxylic acid groups (broad SMARTS) is 1. The summed E-state index contributed by atoms with van der Waals surface area (Å²) in [5.41, 5.74) is 1.14. The van der Waals surface area contributed by atoms with Crippen molar-refractivity contribution in [2.24, 2.45) is 0 Å². The molecular weight excluding hydrogens is 366 g/mol. The van der Waals surface area contributed by atoms with Crippen molar-refractivity contribution in [2.45, 2.75) is 6.04 Å². The van der Waals surface area contributed by atoms with Gasteiger partial charge in [0.2, 0.25) is 0 Å². The van der Waals surface area contributed by atoms with Gasteiger partial charge in [0.15, 0.2) is 6.04 Å². The number of nitrogens with zero attached hydrogens (tertiary/aromatic N) is 3. The highest BCUT2D eigenvalue weighted by Gasteiger charge is 2.33. The second-order valence-electron chi connectivity index (χ2n) is 5.08. The summed E-state index contributed by atoms with van der Waals surface area (Å²) in [4.78, 5) is 25.3. The van der Waals surface area contributed by atoms with E-state index in [-0.39, 0.29) is 19.1 Å². The van der Waals surface area contributed by atoms with Gasteiger partial charge in [0.05, 0.1) is 29.6 Å². The van der Waals surface area contributed by atoms with Gasteiger partial charge in [-0.3, -0.25) is 4.79 Å². The highest BCUT2D eigenvalue weighted by atomic mass is 79.9. The van der Waals surface area contributed by atoms with E-state index in [1.165, 1.54) is 4.90 Å². The van der Waals surface area contributed by atoms with Crippen LogP contribution >= 0.6 is 15.9 Å². The average molecular weight is 380 g/mol. The third-order valence-corrected chi connectivity index (χ3v) is 3.99. The molecular formula is C15H14BrN3O4. The van der Waals surface area contributed by atoms with Crippen LogP contribution < -0.4 is 0 Å². The predicted molar refractivity (Wildman–Crippen MR) is 84.5 cm³/mol. The quantitative estimate of drug-likeness (QED) is 0.874. The number of rotatable bonds is 3. The fourth-order valence-electron chi connectivity index (χ4n) is 2.44. The van der Waals surface area contributed by atoms with Gasteiger partial charge in [-0.15, -0.1) is 0 Å². The molecule has 0 radical (unpaired) electrons. The van der Waals surface area contributed by atoms with Crippen LogP contribution in [0.15, 0.2) is 41.1 Å². The molecule has 1 aromatic carbocycles. The van der Waals surface area contributed by atoms with Gasteiger partial charge >= 0.3 is 5.97 Å². The fraction of sp³-hybridized carbons (Fsp3) is 0.267. The molecule has 23 heavy (non-hydrogen) atoms. The molecule has 1 aromatic heterocycles. The number of hydrogen-bond acceptors (Lipinski definition) is 4. The van der Waals surface area contributed by atoms with Crippen LogP contribution in [0.3, 0.4) is 0 Å². The summed E-state index contributed by atoms with van der Waals surface area (Å²) in [6, 6.07) is 5.96. The SMILES string of the molecule is O=C(O)C1COCCN1C(=O)c1cccc(-n2cc(Br)cn2)c1. The first-order valence-electron chi connectivity index (χ1n) is 6.98. The normalized spacial score (nSPS) is 18.0. The van der Waals surface area contributed by atoms with Gasteiger partial charge in [0, 0.05) is 18.3 Å². The lowest BCUT2D eigenvalue weighted by Crippen LogP contribution is -2.52. The van der Waals surface area contributed by atoms with Gasteiger partial charge in [0.1, 0.15) is 0 Å². The summed E-state index contributed by atoms with van der Waals surface area (Å²) in [6.07, 6.45) is 3.43. The Morgan fingerprint density at radius 3 is 2.91 bits per heavy atom. The molecule has 1 aliphatic heterocycles. The van der Waals surface area contributed by atoms with Gasteiger partial charge in [-0.1, -0.05) is 6.07 Å². The van der Waals surface area contributed by atoms with E-state index in [0.29, 0.717) is 12.2 Å². The molecule has 1 atom stereocenters. The van der Waals surface area contributed by atoms with E-state index in [1.807, 2.05) is 6.07 Å². The van der Waals surface area contributed by atoms with Gasteiger partial charge in [-0.2, -0.15) is 5.10 Å². The molecule has 0 aliphatic carbocycles. The Morgan fingerprint density at radius 1 is 1.39 bits per heavy atom. The van der Waals surface area contributed by atoms with E-state index in [2.05, 4.69) is 21.0 Å². The second-order valence-corrected chi connectivity index (χ2v) is 6.00. The molecule has 1 fully saturated rings. The third kappa shape index (κ3) is 3.27. The highest BCUT2D eigenvalue weighted by Crippen LogP contribution is 2.17. The first-order chi connectivity index (χ1) is 11.1. The Balaban J connectivity index is 1.88. The second kappa shape index (κ2) is 6.51. The van der Waals surface area contributed by atoms with E-state index < -0.39 is 12.0 Å². The molecule has 0 bridgehead atoms. The first kappa shape index (κ1) is 15.7. The van der Waals surface area contributed by atoms with Crippen LogP contribution in [0.2, 0.25) is 0 Å². The largest absolute Gasteiger partial charge is 0.480 e. The zero-order chi connectivity index (χ0) is 16.4. The molecule has 2 heterocycles. The molecule has 3 rings (SSSR count). The van der Waals surface area contributed by atoms with Gasteiger partial charge < -0.3 is 14.7 Å². The number of aromatic nitrogens is 2. The smallest absolute Gasteiger partial charge is 0.328 e. The first-order valence-corrected chi connectivity index (χ1v) is 7.77. The maximum atomic E-state index is 12.7. The molecule has 120 valence electrons. The molecule has 2 aromatic rings. The van der Waals surface area contributed by atoms with Crippen molar-refractivity contribution in [3.8, 4) is 5.69 Å². The summed E-state index contributed by atoms with van der Waals surface area (Å²) in [7, 11) is 0. The number of benzene rings is 1. The lowest BCUT2D eigenvalue weighted by atomic mass is 10.1. The highest BCUT2D eigenvalue weighted by molar-refractivity contribution is 9.10. The zero-order valence-corrected chi connectivity index (χ0v) is 13.6. The van der Waals surface area contributed by atoms with E-state index in [0.717, 1.165) is 10.2 Å². The number of ether oxygens (including phenoxy) is 1. The Kier molecular flexibility index (Phi) is 4.44. The predicted octanol–water partition coefficient (Wildman–Crippen LogP) is 1.56. The van der Waals surface area contributed by atoms with Crippen LogP contribution in [0.25, 0.3) is 5.69 Å². The van der Waals surface area contributed by atoms with Crippen LogP contribution in [-0.2, 0) is 9.53 Å². The van der Waals surface area contributed by atoms with E-state index >= 15 is 0 Å². The summed E-state index contributed by atoms with van der Waals surface area (Å²) in [5, 5.41) is 13.4. The average Bonchev–Trinajstić information content (AvgIpc) is 3.01. The number of halogens is 1. The van der Waals surface area contributed by atoms with Crippen molar-refractivity contribution in [3.05, 3.63) is 46.7 Å². The van der Waals surface area contributed by atoms with E-state index in [1.54, 1.807) is 35.3 Å². The minimum absolute atomic E-state index is 0.00681. The molecule has 1 aliphatic rings. The van der Waals surface area contributed by atoms with Gasteiger partial charge in [-0.25, -0.2) is 9.48 Å². The zero-order valence-electron chi connectivity index (χ0n) is 12.1. The number of hydrogen-bond donors (Lipinski definition) is 1. The summed E-state index contributed by atoms with van der Waals surface area (Å²) in [6.45, 7) is 0.599. The molecule has 1 saturated heterocycles. The monoisotopic (exact) mass is 379 g/mol. The summed E-state index contributed by atoms with van der Waals surface area (Å²) in [5.74, 6) is -1.39.